The molecule has 0 aromatic heterocycles. The highest BCUT2D eigenvalue weighted by Crippen LogP contribution is 2.24. The summed E-state index contributed by atoms with van der Waals surface area (Å²) in [6, 6.07) is 7.59. The lowest BCUT2D eigenvalue weighted by Crippen LogP contribution is -2.15. The van der Waals surface area contributed by atoms with Crippen molar-refractivity contribution in [3.63, 3.8) is 0 Å². The van der Waals surface area contributed by atoms with Crippen LogP contribution < -0.4 is 5.32 Å². The van der Waals surface area contributed by atoms with Crippen molar-refractivity contribution < 1.29 is 5.11 Å². The highest BCUT2D eigenvalue weighted by atomic mass is 79.9. The van der Waals surface area contributed by atoms with Gasteiger partial charge in [0.25, 0.3) is 0 Å². The molecule has 0 aliphatic heterocycles. The third-order valence-electron chi connectivity index (χ3n) is 2.79. The number of aliphatic hydroxyl groups excluding tert-OH is 1. The Morgan fingerprint density at radius 3 is 2.82 bits per heavy atom. The molecular formula is C13H17BrN2O. The van der Waals surface area contributed by atoms with E-state index in [0.29, 0.717) is 11.5 Å². The van der Waals surface area contributed by atoms with Crippen LogP contribution in [0.1, 0.15) is 25.3 Å². The van der Waals surface area contributed by atoms with E-state index in [1.807, 2.05) is 6.07 Å². The van der Waals surface area contributed by atoms with Gasteiger partial charge in [-0.1, -0.05) is 13.3 Å². The van der Waals surface area contributed by atoms with Gasteiger partial charge in [0.2, 0.25) is 0 Å². The zero-order valence-corrected chi connectivity index (χ0v) is 11.5. The average Bonchev–Trinajstić information content (AvgIpc) is 2.35. The molecule has 0 fully saturated rings. The quantitative estimate of drug-likeness (QED) is 0.848. The van der Waals surface area contributed by atoms with Crippen molar-refractivity contribution in [2.45, 2.75) is 19.8 Å². The Kier molecular flexibility index (Phi) is 6.03. The molecule has 0 amide bonds. The summed E-state index contributed by atoms with van der Waals surface area (Å²) < 4.78 is 0.899. The van der Waals surface area contributed by atoms with Crippen molar-refractivity contribution >= 4 is 21.6 Å². The highest BCUT2D eigenvalue weighted by molar-refractivity contribution is 9.10. The molecule has 0 saturated heterocycles. The maximum Gasteiger partial charge on any atom is 0.0992 e. The predicted octanol–water partition coefficient (Wildman–Crippen LogP) is 3.14. The molecule has 1 rings (SSSR count). The number of nitrogens with zero attached hydrogens (tertiary/aromatic N) is 1. The van der Waals surface area contributed by atoms with E-state index in [1.165, 1.54) is 0 Å². The molecule has 1 aromatic carbocycles. The first kappa shape index (κ1) is 14.0. The van der Waals surface area contributed by atoms with Crippen molar-refractivity contribution in [1.29, 1.82) is 5.26 Å². The Bertz CT molecular complexity index is 401. The first-order valence-electron chi connectivity index (χ1n) is 5.75. The molecule has 0 radical (unpaired) electrons. The average molecular weight is 297 g/mol. The van der Waals surface area contributed by atoms with Gasteiger partial charge in [0.1, 0.15) is 0 Å². The van der Waals surface area contributed by atoms with Crippen molar-refractivity contribution in [3.8, 4) is 6.07 Å². The lowest BCUT2D eigenvalue weighted by molar-refractivity contribution is 0.258. The Hall–Kier alpha value is -1.05. The van der Waals surface area contributed by atoms with E-state index in [9.17, 15) is 0 Å². The lowest BCUT2D eigenvalue weighted by Gasteiger charge is -2.16. The summed E-state index contributed by atoms with van der Waals surface area (Å²) in [4.78, 5) is 0. The standard InChI is InChI=1S/C13H17BrN2O/c1-2-10(5-6-17)9-16-13-4-3-11(8-15)7-12(13)14/h3-4,7,10,16-17H,2,5-6,9H2,1H3. The number of anilines is 1. The first-order chi connectivity index (χ1) is 8.21. The van der Waals surface area contributed by atoms with Gasteiger partial charge in [0.05, 0.1) is 11.6 Å². The molecule has 1 unspecified atom stereocenters. The van der Waals surface area contributed by atoms with Gasteiger partial charge in [-0.15, -0.1) is 0 Å². The summed E-state index contributed by atoms with van der Waals surface area (Å²) in [7, 11) is 0. The Morgan fingerprint density at radius 2 is 2.29 bits per heavy atom. The summed E-state index contributed by atoms with van der Waals surface area (Å²) >= 11 is 3.44. The Morgan fingerprint density at radius 1 is 1.53 bits per heavy atom. The van der Waals surface area contributed by atoms with Gasteiger partial charge in [-0.3, -0.25) is 0 Å². The zero-order chi connectivity index (χ0) is 12.7. The number of rotatable bonds is 6. The van der Waals surface area contributed by atoms with Gasteiger partial charge in [-0.25, -0.2) is 0 Å². The molecule has 1 aromatic rings. The number of halogens is 1. The molecule has 17 heavy (non-hydrogen) atoms. The second kappa shape index (κ2) is 7.31. The fraction of sp³-hybridized carbons (Fsp3) is 0.462. The van der Waals surface area contributed by atoms with Crippen LogP contribution in [0.25, 0.3) is 0 Å². The molecule has 0 saturated carbocycles. The van der Waals surface area contributed by atoms with E-state index in [4.69, 9.17) is 10.4 Å². The fourth-order valence-corrected chi connectivity index (χ4v) is 2.13. The second-order valence-electron chi connectivity index (χ2n) is 3.97. The van der Waals surface area contributed by atoms with Crippen LogP contribution in [0.4, 0.5) is 5.69 Å². The lowest BCUT2D eigenvalue weighted by atomic mass is 10.0. The molecule has 4 heteroatoms. The van der Waals surface area contributed by atoms with Crippen molar-refractivity contribution in [2.75, 3.05) is 18.5 Å². The normalized spacial score (nSPS) is 11.9. The number of nitriles is 1. The molecule has 0 aliphatic carbocycles. The van der Waals surface area contributed by atoms with Gasteiger partial charge in [-0.05, 0) is 46.5 Å². The minimum atomic E-state index is 0.231. The molecule has 0 aliphatic rings. The van der Waals surface area contributed by atoms with Crippen LogP contribution in [0.2, 0.25) is 0 Å². The van der Waals surface area contributed by atoms with Crippen LogP contribution in [0, 0.1) is 17.2 Å². The first-order valence-corrected chi connectivity index (χ1v) is 6.55. The van der Waals surface area contributed by atoms with E-state index in [0.717, 1.165) is 29.5 Å². The largest absolute Gasteiger partial charge is 0.396 e. The van der Waals surface area contributed by atoms with Crippen LogP contribution in [-0.2, 0) is 0 Å². The Balaban J connectivity index is 2.60. The molecule has 0 bridgehead atoms. The van der Waals surface area contributed by atoms with Crippen LogP contribution in [0.15, 0.2) is 22.7 Å². The van der Waals surface area contributed by atoms with Crippen molar-refractivity contribution in [3.05, 3.63) is 28.2 Å². The van der Waals surface area contributed by atoms with E-state index in [2.05, 4.69) is 34.2 Å². The van der Waals surface area contributed by atoms with Gasteiger partial charge < -0.3 is 10.4 Å². The van der Waals surface area contributed by atoms with E-state index in [1.54, 1.807) is 12.1 Å². The molecule has 0 spiro atoms. The molecular weight excluding hydrogens is 280 g/mol. The zero-order valence-electron chi connectivity index (χ0n) is 9.91. The topological polar surface area (TPSA) is 56.0 Å². The molecule has 1 atom stereocenters. The summed E-state index contributed by atoms with van der Waals surface area (Å²) in [6.45, 7) is 3.19. The summed E-state index contributed by atoms with van der Waals surface area (Å²) in [6.07, 6.45) is 1.86. The molecule has 3 nitrogen and oxygen atoms in total. The summed E-state index contributed by atoms with van der Waals surface area (Å²) in [5.74, 6) is 0.475. The molecule has 0 heterocycles. The van der Waals surface area contributed by atoms with E-state index in [-0.39, 0.29) is 6.61 Å². The monoisotopic (exact) mass is 296 g/mol. The number of benzene rings is 1. The second-order valence-corrected chi connectivity index (χ2v) is 4.83. The Labute approximate surface area is 111 Å². The minimum Gasteiger partial charge on any atom is -0.396 e. The van der Waals surface area contributed by atoms with E-state index < -0.39 is 0 Å². The predicted molar refractivity (Wildman–Crippen MR) is 72.8 cm³/mol. The van der Waals surface area contributed by atoms with Crippen molar-refractivity contribution in [2.24, 2.45) is 5.92 Å². The fourth-order valence-electron chi connectivity index (χ4n) is 1.62. The minimum absolute atomic E-state index is 0.231. The number of nitrogens with one attached hydrogen (secondary N) is 1. The van der Waals surface area contributed by atoms with Gasteiger partial charge in [-0.2, -0.15) is 5.26 Å². The number of hydrogen-bond acceptors (Lipinski definition) is 3. The van der Waals surface area contributed by atoms with Crippen LogP contribution in [0.5, 0.6) is 0 Å². The number of hydrogen-bond donors (Lipinski definition) is 2. The van der Waals surface area contributed by atoms with Crippen molar-refractivity contribution in [1.82, 2.24) is 0 Å². The van der Waals surface area contributed by atoms with Gasteiger partial charge in [0.15, 0.2) is 0 Å². The number of aliphatic hydroxyl groups is 1. The van der Waals surface area contributed by atoms with Crippen LogP contribution in [0.3, 0.4) is 0 Å². The maximum atomic E-state index is 8.91. The summed E-state index contributed by atoms with van der Waals surface area (Å²) in [5, 5.41) is 21.0. The van der Waals surface area contributed by atoms with Crippen LogP contribution in [-0.4, -0.2) is 18.3 Å². The molecule has 92 valence electrons. The van der Waals surface area contributed by atoms with Gasteiger partial charge in [0, 0.05) is 23.3 Å². The van der Waals surface area contributed by atoms with E-state index >= 15 is 0 Å². The molecule has 2 N–H and O–H groups in total. The van der Waals surface area contributed by atoms with Crippen LogP contribution >= 0.6 is 15.9 Å². The summed E-state index contributed by atoms with van der Waals surface area (Å²) in [5.41, 5.74) is 1.63. The maximum absolute atomic E-state index is 8.91. The third-order valence-corrected chi connectivity index (χ3v) is 3.45. The van der Waals surface area contributed by atoms with Gasteiger partial charge >= 0.3 is 0 Å². The smallest absolute Gasteiger partial charge is 0.0992 e. The SMILES string of the molecule is CCC(CCO)CNc1ccc(C#N)cc1Br. The highest BCUT2D eigenvalue weighted by Gasteiger charge is 2.07. The third kappa shape index (κ3) is 4.37.